The fourth-order valence-corrected chi connectivity index (χ4v) is 4.14. The number of rotatable bonds is 6. The molecule has 1 fully saturated rings. The molecule has 0 aliphatic carbocycles. The van der Waals surface area contributed by atoms with Crippen molar-refractivity contribution >= 4 is 23.2 Å². The number of anilines is 1. The van der Waals surface area contributed by atoms with Gasteiger partial charge in [-0.15, -0.1) is 0 Å². The van der Waals surface area contributed by atoms with Gasteiger partial charge in [-0.1, -0.05) is 56.3 Å². The molecule has 0 unspecified atom stereocenters. The second-order valence-corrected chi connectivity index (χ2v) is 8.51. The summed E-state index contributed by atoms with van der Waals surface area (Å²) in [5.41, 5.74) is 1.09. The Bertz CT molecular complexity index is 1180. The first-order chi connectivity index (χ1) is 14.9. The largest absolute Gasteiger partial charge is 0.340 e. The molecule has 1 aromatic carbocycles. The standard InChI is InChI=1S/C23H30N6O2/c1-17(2)16-27-12-14-28(15-13-27)22-24-20-19(21(30)25-23(31)26(20)3)29(22)11-7-10-18-8-5-4-6-9-18/h4-10,17H,11-16H2,1-3H3,(H,25,30,31). The highest BCUT2D eigenvalue weighted by Crippen LogP contribution is 2.21. The molecular weight excluding hydrogens is 392 g/mol. The summed E-state index contributed by atoms with van der Waals surface area (Å²) in [4.78, 5) is 36.7. The van der Waals surface area contributed by atoms with E-state index >= 15 is 0 Å². The predicted molar refractivity (Wildman–Crippen MR) is 125 cm³/mol. The van der Waals surface area contributed by atoms with E-state index in [0.29, 0.717) is 23.6 Å². The highest BCUT2D eigenvalue weighted by molar-refractivity contribution is 5.74. The first-order valence-electron chi connectivity index (χ1n) is 10.8. The summed E-state index contributed by atoms with van der Waals surface area (Å²) >= 11 is 0. The summed E-state index contributed by atoms with van der Waals surface area (Å²) in [5.74, 6) is 1.37. The second kappa shape index (κ2) is 8.93. The summed E-state index contributed by atoms with van der Waals surface area (Å²) in [6, 6.07) is 10.0. The molecule has 0 atom stereocenters. The van der Waals surface area contributed by atoms with Crippen molar-refractivity contribution in [2.24, 2.45) is 13.0 Å². The average Bonchev–Trinajstić information content (AvgIpc) is 3.13. The Labute approximate surface area is 181 Å². The lowest BCUT2D eigenvalue weighted by Gasteiger charge is -2.36. The van der Waals surface area contributed by atoms with Crippen LogP contribution in [0.1, 0.15) is 19.4 Å². The van der Waals surface area contributed by atoms with Gasteiger partial charge in [-0.3, -0.25) is 19.2 Å². The van der Waals surface area contributed by atoms with Crippen molar-refractivity contribution in [3.63, 3.8) is 0 Å². The van der Waals surface area contributed by atoms with Crippen molar-refractivity contribution in [3.05, 3.63) is 62.8 Å². The number of nitrogens with one attached hydrogen (secondary N) is 1. The van der Waals surface area contributed by atoms with Gasteiger partial charge in [-0.2, -0.15) is 4.98 Å². The molecule has 1 aliphatic heterocycles. The minimum atomic E-state index is -0.449. The van der Waals surface area contributed by atoms with Gasteiger partial charge in [0.15, 0.2) is 11.2 Å². The van der Waals surface area contributed by atoms with E-state index in [1.54, 1.807) is 7.05 Å². The fraction of sp³-hybridized carbons (Fsp3) is 0.435. The van der Waals surface area contributed by atoms with E-state index in [9.17, 15) is 9.59 Å². The third-order valence-electron chi connectivity index (χ3n) is 5.66. The number of H-pyrrole nitrogens is 1. The van der Waals surface area contributed by atoms with E-state index in [1.165, 1.54) is 4.57 Å². The number of imidazole rings is 1. The van der Waals surface area contributed by atoms with Crippen LogP contribution in [0.3, 0.4) is 0 Å². The zero-order valence-electron chi connectivity index (χ0n) is 18.4. The Morgan fingerprint density at radius 2 is 1.81 bits per heavy atom. The summed E-state index contributed by atoms with van der Waals surface area (Å²) in [6.45, 7) is 9.63. The number of nitrogens with zero attached hydrogens (tertiary/aromatic N) is 5. The topological polar surface area (TPSA) is 79.2 Å². The van der Waals surface area contributed by atoms with Crippen LogP contribution in [0.4, 0.5) is 5.95 Å². The Hall–Kier alpha value is -3.13. The Balaban J connectivity index is 1.69. The van der Waals surface area contributed by atoms with Crippen LogP contribution in [-0.2, 0) is 13.6 Å². The molecule has 8 nitrogen and oxygen atoms in total. The third-order valence-corrected chi connectivity index (χ3v) is 5.66. The van der Waals surface area contributed by atoms with Crippen LogP contribution >= 0.6 is 0 Å². The highest BCUT2D eigenvalue weighted by Gasteiger charge is 2.24. The van der Waals surface area contributed by atoms with Crippen molar-refractivity contribution in [2.75, 3.05) is 37.6 Å². The molecule has 0 saturated carbocycles. The molecule has 1 N–H and O–H groups in total. The van der Waals surface area contributed by atoms with Gasteiger partial charge in [0.2, 0.25) is 5.95 Å². The second-order valence-electron chi connectivity index (χ2n) is 8.51. The summed E-state index contributed by atoms with van der Waals surface area (Å²) in [5, 5.41) is 0. The average molecular weight is 423 g/mol. The maximum atomic E-state index is 12.7. The van der Waals surface area contributed by atoms with E-state index in [4.69, 9.17) is 4.98 Å². The third kappa shape index (κ3) is 4.49. The molecule has 3 aromatic rings. The molecule has 31 heavy (non-hydrogen) atoms. The molecule has 2 aromatic heterocycles. The van der Waals surface area contributed by atoms with Gasteiger partial charge < -0.3 is 9.47 Å². The Kier molecular flexibility index (Phi) is 6.08. The summed E-state index contributed by atoms with van der Waals surface area (Å²) in [7, 11) is 1.64. The number of hydrogen-bond acceptors (Lipinski definition) is 5. The molecule has 0 radical (unpaired) electrons. The zero-order valence-corrected chi connectivity index (χ0v) is 18.4. The van der Waals surface area contributed by atoms with Gasteiger partial charge in [0.05, 0.1) is 0 Å². The lowest BCUT2D eigenvalue weighted by Crippen LogP contribution is -2.48. The maximum Gasteiger partial charge on any atom is 0.329 e. The molecule has 4 rings (SSSR count). The maximum absolute atomic E-state index is 12.7. The molecule has 3 heterocycles. The van der Waals surface area contributed by atoms with Crippen LogP contribution in [0.2, 0.25) is 0 Å². The van der Waals surface area contributed by atoms with Crippen LogP contribution in [0.15, 0.2) is 46.0 Å². The van der Waals surface area contributed by atoms with Gasteiger partial charge in [0.1, 0.15) is 0 Å². The number of fused-ring (bicyclic) bond motifs is 1. The van der Waals surface area contributed by atoms with Crippen LogP contribution in [0.25, 0.3) is 17.2 Å². The van der Waals surface area contributed by atoms with Crippen molar-refractivity contribution < 1.29 is 0 Å². The highest BCUT2D eigenvalue weighted by atomic mass is 16.2. The van der Waals surface area contributed by atoms with Gasteiger partial charge in [0.25, 0.3) is 5.56 Å². The first-order valence-corrected chi connectivity index (χ1v) is 10.8. The van der Waals surface area contributed by atoms with E-state index in [-0.39, 0.29) is 0 Å². The lowest BCUT2D eigenvalue weighted by atomic mass is 10.2. The molecular formula is C23H30N6O2. The quantitative estimate of drug-likeness (QED) is 0.657. The predicted octanol–water partition coefficient (Wildman–Crippen LogP) is 1.91. The van der Waals surface area contributed by atoms with E-state index < -0.39 is 11.2 Å². The number of allylic oxidation sites excluding steroid dienone is 1. The number of aromatic amines is 1. The van der Waals surface area contributed by atoms with Crippen molar-refractivity contribution in [1.82, 2.24) is 24.0 Å². The van der Waals surface area contributed by atoms with Gasteiger partial charge in [0, 0.05) is 46.3 Å². The molecule has 0 bridgehead atoms. The number of hydrogen-bond donors (Lipinski definition) is 1. The Morgan fingerprint density at radius 1 is 1.10 bits per heavy atom. The Morgan fingerprint density at radius 3 is 2.48 bits per heavy atom. The minimum Gasteiger partial charge on any atom is -0.340 e. The van der Waals surface area contributed by atoms with E-state index in [1.807, 2.05) is 47.1 Å². The molecule has 1 saturated heterocycles. The normalized spacial score (nSPS) is 15.5. The first kappa shape index (κ1) is 21.1. The molecule has 164 valence electrons. The SMILES string of the molecule is CC(C)CN1CCN(c2nc3c(c(=O)[nH]c(=O)n3C)n2CC=Cc2ccccc2)CC1. The smallest absolute Gasteiger partial charge is 0.329 e. The lowest BCUT2D eigenvalue weighted by molar-refractivity contribution is 0.230. The van der Waals surface area contributed by atoms with Gasteiger partial charge in [-0.05, 0) is 11.5 Å². The molecule has 1 aliphatic rings. The van der Waals surface area contributed by atoms with E-state index in [0.717, 1.165) is 44.2 Å². The van der Waals surface area contributed by atoms with E-state index in [2.05, 4.69) is 28.6 Å². The minimum absolute atomic E-state index is 0.400. The van der Waals surface area contributed by atoms with Crippen molar-refractivity contribution in [3.8, 4) is 0 Å². The van der Waals surface area contributed by atoms with Crippen LogP contribution in [0, 0.1) is 5.92 Å². The monoisotopic (exact) mass is 422 g/mol. The number of benzene rings is 1. The number of aromatic nitrogens is 4. The molecule has 0 amide bonds. The molecule has 0 spiro atoms. The summed E-state index contributed by atoms with van der Waals surface area (Å²) < 4.78 is 3.33. The van der Waals surface area contributed by atoms with Crippen LogP contribution < -0.4 is 16.1 Å². The number of aryl methyl sites for hydroxylation is 1. The fourth-order valence-electron chi connectivity index (χ4n) is 4.14. The van der Waals surface area contributed by atoms with Crippen molar-refractivity contribution in [1.29, 1.82) is 0 Å². The molecule has 8 heteroatoms. The van der Waals surface area contributed by atoms with Gasteiger partial charge in [-0.25, -0.2) is 4.79 Å². The van der Waals surface area contributed by atoms with Crippen LogP contribution in [-0.4, -0.2) is 56.7 Å². The van der Waals surface area contributed by atoms with Crippen LogP contribution in [0.5, 0.6) is 0 Å². The zero-order chi connectivity index (χ0) is 22.0. The van der Waals surface area contributed by atoms with Crippen molar-refractivity contribution in [2.45, 2.75) is 20.4 Å². The summed E-state index contributed by atoms with van der Waals surface area (Å²) in [6.07, 6.45) is 4.06. The van der Waals surface area contributed by atoms with Gasteiger partial charge >= 0.3 is 5.69 Å². The number of piperazine rings is 1.